The molecule has 0 fully saturated rings. The zero-order chi connectivity index (χ0) is 34.5. The monoisotopic (exact) mass is 663 g/mol. The standard InChI is InChI=1S/C41H78N2O4/c1-5-7-9-11-13-14-15-16-17-18-19-20-21-23-26-30-37-43(47-41(45)35-33-36-42(3)4)38-31-27-24-28-32-39-46-40(44)34-29-25-22-12-10-8-6-2/h13-14,16-17H,5-12,15,18-39H2,1-4H3/b14-13-,17-16-. The van der Waals surface area contributed by atoms with E-state index in [1.807, 2.05) is 19.2 Å². The lowest BCUT2D eigenvalue weighted by Gasteiger charge is -2.21. The van der Waals surface area contributed by atoms with E-state index in [9.17, 15) is 9.59 Å². The Morgan fingerprint density at radius 1 is 0.489 bits per heavy atom. The molecule has 0 radical (unpaired) electrons. The summed E-state index contributed by atoms with van der Waals surface area (Å²) in [7, 11) is 4.06. The van der Waals surface area contributed by atoms with Crippen molar-refractivity contribution in [3.05, 3.63) is 24.3 Å². The van der Waals surface area contributed by atoms with Gasteiger partial charge in [-0.25, -0.2) is 0 Å². The van der Waals surface area contributed by atoms with Crippen molar-refractivity contribution in [1.82, 2.24) is 9.96 Å². The molecule has 0 amide bonds. The van der Waals surface area contributed by atoms with Gasteiger partial charge in [-0.15, -0.1) is 5.06 Å². The van der Waals surface area contributed by atoms with Crippen LogP contribution in [0.1, 0.15) is 187 Å². The number of allylic oxidation sites excluding steroid dienone is 4. The van der Waals surface area contributed by atoms with E-state index >= 15 is 0 Å². The fraction of sp³-hybridized carbons (Fsp3) is 0.854. The Morgan fingerprint density at radius 2 is 0.957 bits per heavy atom. The van der Waals surface area contributed by atoms with Crippen molar-refractivity contribution in [2.45, 2.75) is 187 Å². The van der Waals surface area contributed by atoms with Crippen LogP contribution in [-0.4, -0.2) is 62.2 Å². The number of ether oxygens (including phenoxy) is 1. The summed E-state index contributed by atoms with van der Waals surface area (Å²) < 4.78 is 5.43. The van der Waals surface area contributed by atoms with Crippen LogP contribution in [0, 0.1) is 0 Å². The van der Waals surface area contributed by atoms with Crippen LogP contribution in [0.5, 0.6) is 0 Å². The SMILES string of the molecule is CCCCC/C=C\C/C=C\CCCCCCCCN(CCCCCCCOC(=O)CCCCCCCCC)OC(=O)CCCN(C)C. The molecule has 276 valence electrons. The largest absolute Gasteiger partial charge is 0.466 e. The lowest BCUT2D eigenvalue weighted by molar-refractivity contribution is -0.191. The summed E-state index contributed by atoms with van der Waals surface area (Å²) in [5.41, 5.74) is 0. The van der Waals surface area contributed by atoms with Gasteiger partial charge in [-0.2, -0.15) is 0 Å². The molecule has 6 nitrogen and oxygen atoms in total. The molecule has 0 N–H and O–H groups in total. The van der Waals surface area contributed by atoms with Gasteiger partial charge in [-0.1, -0.05) is 134 Å². The highest BCUT2D eigenvalue weighted by atomic mass is 16.7. The smallest absolute Gasteiger partial charge is 0.325 e. The quantitative estimate of drug-likeness (QED) is 0.0288. The summed E-state index contributed by atoms with van der Waals surface area (Å²) in [6.45, 7) is 7.55. The Kier molecular flexibility index (Phi) is 35.9. The molecule has 0 saturated heterocycles. The number of esters is 1. The normalized spacial score (nSPS) is 11.9. The first-order valence-electron chi connectivity index (χ1n) is 20.1. The third kappa shape index (κ3) is 37.0. The number of hydrogen-bond acceptors (Lipinski definition) is 6. The maximum absolute atomic E-state index is 12.5. The molecule has 0 atom stereocenters. The number of hydrogen-bond donors (Lipinski definition) is 0. The van der Waals surface area contributed by atoms with E-state index in [0.717, 1.165) is 83.8 Å². The molecular weight excluding hydrogens is 584 g/mol. The molecule has 0 aliphatic heterocycles. The Balaban J connectivity index is 4.02. The lowest BCUT2D eigenvalue weighted by atomic mass is 10.1. The van der Waals surface area contributed by atoms with Gasteiger partial charge in [0, 0.05) is 25.9 Å². The van der Waals surface area contributed by atoms with Gasteiger partial charge in [0.25, 0.3) is 0 Å². The minimum atomic E-state index is -0.106. The van der Waals surface area contributed by atoms with E-state index in [1.165, 1.54) is 96.3 Å². The van der Waals surface area contributed by atoms with Gasteiger partial charge in [0.2, 0.25) is 0 Å². The van der Waals surface area contributed by atoms with Gasteiger partial charge >= 0.3 is 11.9 Å². The second-order valence-electron chi connectivity index (χ2n) is 13.7. The molecule has 0 unspecified atom stereocenters. The summed E-state index contributed by atoms with van der Waals surface area (Å²) in [5.74, 6) is -0.143. The highest BCUT2D eigenvalue weighted by molar-refractivity contribution is 5.69. The van der Waals surface area contributed by atoms with Crippen molar-refractivity contribution in [3.8, 4) is 0 Å². The second-order valence-corrected chi connectivity index (χ2v) is 13.7. The second kappa shape index (κ2) is 37.2. The van der Waals surface area contributed by atoms with Crippen LogP contribution in [-0.2, 0) is 19.2 Å². The van der Waals surface area contributed by atoms with Gasteiger partial charge < -0.3 is 14.5 Å². The summed E-state index contributed by atoms with van der Waals surface area (Å²) >= 11 is 0. The van der Waals surface area contributed by atoms with Crippen LogP contribution >= 0.6 is 0 Å². The molecule has 0 heterocycles. The molecule has 0 aromatic rings. The number of unbranched alkanes of at least 4 members (excludes halogenated alkanes) is 19. The van der Waals surface area contributed by atoms with Crippen molar-refractivity contribution < 1.29 is 19.2 Å². The number of carbonyl (C=O) groups excluding carboxylic acids is 2. The molecule has 0 aromatic carbocycles. The van der Waals surface area contributed by atoms with Crippen molar-refractivity contribution in [2.75, 3.05) is 40.3 Å². The van der Waals surface area contributed by atoms with E-state index in [0.29, 0.717) is 19.4 Å². The summed E-state index contributed by atoms with van der Waals surface area (Å²) in [6, 6.07) is 0. The molecule has 0 saturated carbocycles. The summed E-state index contributed by atoms with van der Waals surface area (Å²) in [6.07, 6.45) is 39.7. The van der Waals surface area contributed by atoms with Gasteiger partial charge in [-0.3, -0.25) is 9.59 Å². The molecule has 0 spiro atoms. The molecule has 0 rings (SSSR count). The van der Waals surface area contributed by atoms with E-state index in [4.69, 9.17) is 9.57 Å². The highest BCUT2D eigenvalue weighted by Crippen LogP contribution is 2.12. The number of carbonyl (C=O) groups is 2. The fourth-order valence-electron chi connectivity index (χ4n) is 5.61. The highest BCUT2D eigenvalue weighted by Gasteiger charge is 2.12. The maximum atomic E-state index is 12.5. The zero-order valence-corrected chi connectivity index (χ0v) is 31.8. The van der Waals surface area contributed by atoms with Gasteiger partial charge in [0.05, 0.1) is 6.61 Å². The van der Waals surface area contributed by atoms with Gasteiger partial charge in [0.15, 0.2) is 0 Å². The molecule has 0 bridgehead atoms. The first-order valence-corrected chi connectivity index (χ1v) is 20.1. The lowest BCUT2D eigenvalue weighted by Crippen LogP contribution is -2.30. The maximum Gasteiger partial charge on any atom is 0.325 e. The van der Waals surface area contributed by atoms with E-state index < -0.39 is 0 Å². The van der Waals surface area contributed by atoms with E-state index in [2.05, 4.69) is 43.1 Å². The van der Waals surface area contributed by atoms with Crippen molar-refractivity contribution >= 4 is 11.9 Å². The van der Waals surface area contributed by atoms with E-state index in [-0.39, 0.29) is 11.9 Å². The molecular formula is C41H78N2O4. The Bertz CT molecular complexity index is 737. The predicted octanol–water partition coefficient (Wildman–Crippen LogP) is 11.5. The van der Waals surface area contributed by atoms with Crippen LogP contribution in [0.25, 0.3) is 0 Å². The molecule has 47 heavy (non-hydrogen) atoms. The first-order chi connectivity index (χ1) is 23.0. The summed E-state index contributed by atoms with van der Waals surface area (Å²) in [4.78, 5) is 32.3. The molecule has 0 aromatic heterocycles. The predicted molar refractivity (Wildman–Crippen MR) is 201 cm³/mol. The molecule has 6 heteroatoms. The van der Waals surface area contributed by atoms with Crippen molar-refractivity contribution in [2.24, 2.45) is 0 Å². The van der Waals surface area contributed by atoms with Crippen molar-refractivity contribution in [1.29, 1.82) is 0 Å². The average Bonchev–Trinajstić information content (AvgIpc) is 3.04. The van der Waals surface area contributed by atoms with Crippen LogP contribution in [0.2, 0.25) is 0 Å². The summed E-state index contributed by atoms with van der Waals surface area (Å²) in [5, 5.41) is 1.92. The Morgan fingerprint density at radius 3 is 1.55 bits per heavy atom. The first kappa shape index (κ1) is 45.3. The van der Waals surface area contributed by atoms with Gasteiger partial charge in [0.1, 0.15) is 0 Å². The molecule has 0 aliphatic rings. The van der Waals surface area contributed by atoms with Crippen molar-refractivity contribution in [3.63, 3.8) is 0 Å². The number of rotatable bonds is 36. The average molecular weight is 663 g/mol. The van der Waals surface area contributed by atoms with Crippen LogP contribution < -0.4 is 0 Å². The molecule has 0 aliphatic carbocycles. The van der Waals surface area contributed by atoms with Crippen LogP contribution in [0.3, 0.4) is 0 Å². The zero-order valence-electron chi connectivity index (χ0n) is 31.8. The Hall–Kier alpha value is -1.66. The van der Waals surface area contributed by atoms with Crippen LogP contribution in [0.4, 0.5) is 0 Å². The number of nitrogens with zero attached hydrogens (tertiary/aromatic N) is 2. The third-order valence-electron chi connectivity index (χ3n) is 8.62. The Labute approximate surface area is 292 Å². The minimum absolute atomic E-state index is 0.0364. The minimum Gasteiger partial charge on any atom is -0.466 e. The van der Waals surface area contributed by atoms with Crippen LogP contribution in [0.15, 0.2) is 24.3 Å². The topological polar surface area (TPSA) is 59.1 Å². The third-order valence-corrected chi connectivity index (χ3v) is 8.62. The van der Waals surface area contributed by atoms with Gasteiger partial charge in [-0.05, 0) is 84.8 Å². The number of hydroxylamine groups is 2. The fourth-order valence-corrected chi connectivity index (χ4v) is 5.61. The van der Waals surface area contributed by atoms with E-state index in [1.54, 1.807) is 0 Å².